The van der Waals surface area contributed by atoms with E-state index in [9.17, 15) is 14.4 Å². The molecule has 0 aliphatic heterocycles. The van der Waals surface area contributed by atoms with Gasteiger partial charge in [0.25, 0.3) is 0 Å². The third-order valence-corrected chi connectivity index (χ3v) is 3.34. The van der Waals surface area contributed by atoms with E-state index in [1.54, 1.807) is 13.0 Å². The van der Waals surface area contributed by atoms with Gasteiger partial charge in [-0.3, -0.25) is 14.4 Å². The van der Waals surface area contributed by atoms with E-state index in [1.165, 1.54) is 27.2 Å². The maximum Gasteiger partial charge on any atom is 0.248 e. The normalized spacial score (nSPS) is 10.4. The Labute approximate surface area is 132 Å². The van der Waals surface area contributed by atoms with Crippen molar-refractivity contribution in [1.82, 2.24) is 4.98 Å². The number of nitrogens with one attached hydrogen (secondary N) is 2. The van der Waals surface area contributed by atoms with Gasteiger partial charge in [-0.05, 0) is 19.4 Å². The summed E-state index contributed by atoms with van der Waals surface area (Å²) < 4.78 is 10.7. The molecule has 1 aromatic carbocycles. The monoisotopic (exact) mass is 318 g/mol. The highest BCUT2D eigenvalue weighted by Gasteiger charge is 2.18. The summed E-state index contributed by atoms with van der Waals surface area (Å²) in [4.78, 5) is 37.4. The molecule has 0 bridgehead atoms. The molecule has 23 heavy (non-hydrogen) atoms. The van der Waals surface area contributed by atoms with Crippen LogP contribution < -0.4 is 20.3 Å². The summed E-state index contributed by atoms with van der Waals surface area (Å²) in [6.45, 7) is 3.10. The van der Waals surface area contributed by atoms with E-state index in [2.05, 4.69) is 10.3 Å². The fourth-order valence-electron chi connectivity index (χ4n) is 2.46. The minimum absolute atomic E-state index is 0.228. The summed E-state index contributed by atoms with van der Waals surface area (Å²) in [6.07, 6.45) is -0.228. The molecule has 0 radical (unpaired) electrons. The second kappa shape index (κ2) is 6.51. The van der Waals surface area contributed by atoms with E-state index in [0.717, 1.165) is 0 Å². The number of ketones is 1. The van der Waals surface area contributed by atoms with E-state index in [4.69, 9.17) is 9.47 Å². The van der Waals surface area contributed by atoms with E-state index in [1.807, 2.05) is 0 Å². The molecule has 0 fully saturated rings. The molecular formula is C16H18N2O5. The van der Waals surface area contributed by atoms with Gasteiger partial charge in [-0.15, -0.1) is 0 Å². The Hall–Kier alpha value is -2.83. The largest absolute Gasteiger partial charge is 0.494 e. The van der Waals surface area contributed by atoms with Crippen molar-refractivity contribution in [3.63, 3.8) is 0 Å². The molecular weight excluding hydrogens is 300 g/mol. The van der Waals surface area contributed by atoms with E-state index < -0.39 is 5.91 Å². The predicted octanol–water partition coefficient (Wildman–Crippen LogP) is 1.77. The lowest BCUT2D eigenvalue weighted by Crippen LogP contribution is -2.16. The summed E-state index contributed by atoms with van der Waals surface area (Å²) in [5.74, 6) is 0.0974. The van der Waals surface area contributed by atoms with Crippen LogP contribution in [0.3, 0.4) is 0 Å². The van der Waals surface area contributed by atoms with Crippen LogP contribution in [-0.2, 0) is 9.59 Å². The molecule has 2 rings (SSSR count). The zero-order chi connectivity index (χ0) is 17.1. The highest BCUT2D eigenvalue weighted by molar-refractivity contribution is 6.07. The zero-order valence-electron chi connectivity index (χ0n) is 13.4. The maximum absolute atomic E-state index is 11.9. The van der Waals surface area contributed by atoms with Crippen molar-refractivity contribution < 1.29 is 19.1 Å². The second-order valence-corrected chi connectivity index (χ2v) is 5.15. The number of Topliss-reactive ketones (excluding diaryl/α,β-unsaturated/α-hetero) is 1. The van der Waals surface area contributed by atoms with Crippen LogP contribution in [0.4, 0.5) is 5.69 Å². The average Bonchev–Trinajstić information content (AvgIpc) is 2.45. The topological polar surface area (TPSA) is 97.5 Å². The molecule has 0 aliphatic rings. The Morgan fingerprint density at radius 2 is 1.91 bits per heavy atom. The van der Waals surface area contributed by atoms with Crippen LogP contribution in [0.5, 0.6) is 11.5 Å². The Bertz CT molecular complexity index is 838. The third-order valence-electron chi connectivity index (χ3n) is 3.34. The van der Waals surface area contributed by atoms with Gasteiger partial charge in [-0.2, -0.15) is 0 Å². The van der Waals surface area contributed by atoms with Crippen LogP contribution in [0, 0.1) is 6.92 Å². The van der Waals surface area contributed by atoms with E-state index >= 15 is 0 Å². The van der Waals surface area contributed by atoms with Crippen molar-refractivity contribution >= 4 is 28.3 Å². The number of carbonyl (C=O) groups excluding carboxylic acids is 2. The number of methoxy groups -OCH3 is 2. The van der Waals surface area contributed by atoms with E-state index in [0.29, 0.717) is 33.7 Å². The van der Waals surface area contributed by atoms with Gasteiger partial charge in [0.15, 0.2) is 5.75 Å². The molecule has 0 saturated carbocycles. The molecule has 1 aromatic heterocycles. The number of anilines is 1. The molecule has 2 N–H and O–H groups in total. The van der Waals surface area contributed by atoms with E-state index in [-0.39, 0.29) is 17.8 Å². The molecule has 0 saturated heterocycles. The molecule has 0 spiro atoms. The number of pyridine rings is 1. The Kier molecular flexibility index (Phi) is 4.68. The number of aromatic nitrogens is 1. The highest BCUT2D eigenvalue weighted by Crippen LogP contribution is 2.40. The number of aryl methyl sites for hydroxylation is 1. The lowest BCUT2D eigenvalue weighted by Gasteiger charge is -2.16. The van der Waals surface area contributed by atoms with Crippen molar-refractivity contribution in [1.29, 1.82) is 0 Å². The van der Waals surface area contributed by atoms with Crippen LogP contribution in [0.2, 0.25) is 0 Å². The van der Waals surface area contributed by atoms with Crippen LogP contribution in [0.15, 0.2) is 16.9 Å². The van der Waals surface area contributed by atoms with Gasteiger partial charge < -0.3 is 19.8 Å². The molecule has 0 atom stereocenters. The summed E-state index contributed by atoms with van der Waals surface area (Å²) in [5, 5.41) is 3.27. The van der Waals surface area contributed by atoms with Crippen molar-refractivity contribution in [3.05, 3.63) is 28.0 Å². The second-order valence-electron chi connectivity index (χ2n) is 5.15. The minimum Gasteiger partial charge on any atom is -0.494 e. The van der Waals surface area contributed by atoms with Crippen molar-refractivity contribution in [2.45, 2.75) is 20.3 Å². The first-order valence-electron chi connectivity index (χ1n) is 6.95. The van der Waals surface area contributed by atoms with Crippen molar-refractivity contribution in [2.75, 3.05) is 19.5 Å². The number of aromatic amines is 1. The zero-order valence-corrected chi connectivity index (χ0v) is 13.4. The average molecular weight is 318 g/mol. The smallest absolute Gasteiger partial charge is 0.248 e. The first-order valence-corrected chi connectivity index (χ1v) is 6.95. The highest BCUT2D eigenvalue weighted by atomic mass is 16.5. The molecule has 1 amide bonds. The maximum atomic E-state index is 11.9. The molecule has 7 nitrogen and oxygen atoms in total. The molecule has 0 unspecified atom stereocenters. The molecule has 0 aliphatic carbocycles. The fourth-order valence-corrected chi connectivity index (χ4v) is 2.46. The molecule has 122 valence electrons. The number of amides is 1. The summed E-state index contributed by atoms with van der Waals surface area (Å²) in [6, 6.07) is 2.99. The number of benzene rings is 1. The standard InChI is InChI=1S/C16H18N2O5/c1-8-5-12(20)18-15-11(22-3)7-10(16(23-4)14(8)15)17-13(21)6-9(2)19/h5,7H,6H2,1-4H3,(H,17,21)(H,18,20). The minimum atomic E-state index is -0.445. The Morgan fingerprint density at radius 1 is 1.22 bits per heavy atom. The summed E-state index contributed by atoms with van der Waals surface area (Å²) in [5.41, 5.74) is 1.28. The number of carbonyl (C=O) groups is 2. The predicted molar refractivity (Wildman–Crippen MR) is 86.3 cm³/mol. The number of rotatable bonds is 5. The van der Waals surface area contributed by atoms with Crippen LogP contribution >= 0.6 is 0 Å². The van der Waals surface area contributed by atoms with Gasteiger partial charge in [-0.1, -0.05) is 0 Å². The first-order chi connectivity index (χ1) is 10.9. The van der Waals surface area contributed by atoms with Crippen LogP contribution in [0.1, 0.15) is 18.9 Å². The number of fused-ring (bicyclic) bond motifs is 1. The summed E-state index contributed by atoms with van der Waals surface area (Å²) >= 11 is 0. The lowest BCUT2D eigenvalue weighted by atomic mass is 10.1. The van der Waals surface area contributed by atoms with Gasteiger partial charge in [-0.25, -0.2) is 0 Å². The van der Waals surface area contributed by atoms with Crippen LogP contribution in [0.25, 0.3) is 10.9 Å². The Balaban J connectivity index is 2.68. The van der Waals surface area contributed by atoms with Gasteiger partial charge in [0.1, 0.15) is 11.5 Å². The quantitative estimate of drug-likeness (QED) is 0.819. The summed E-state index contributed by atoms with van der Waals surface area (Å²) in [7, 11) is 2.93. The van der Waals surface area contributed by atoms with Gasteiger partial charge in [0.05, 0.1) is 31.8 Å². The SMILES string of the molecule is COc1cc(NC(=O)CC(C)=O)c(OC)c2c(C)cc(=O)[nH]c12. The van der Waals surface area contributed by atoms with Crippen molar-refractivity contribution in [3.8, 4) is 11.5 Å². The molecule has 1 heterocycles. The van der Waals surface area contributed by atoms with Crippen molar-refractivity contribution in [2.24, 2.45) is 0 Å². The Morgan fingerprint density at radius 3 is 2.48 bits per heavy atom. The number of hydrogen-bond acceptors (Lipinski definition) is 5. The lowest BCUT2D eigenvalue weighted by molar-refractivity contribution is -0.124. The fraction of sp³-hybridized carbons (Fsp3) is 0.312. The molecule has 7 heteroatoms. The van der Waals surface area contributed by atoms with Gasteiger partial charge in [0, 0.05) is 17.5 Å². The first kappa shape index (κ1) is 16.5. The van der Waals surface area contributed by atoms with Gasteiger partial charge >= 0.3 is 0 Å². The third kappa shape index (κ3) is 3.33. The van der Waals surface area contributed by atoms with Gasteiger partial charge in [0.2, 0.25) is 11.5 Å². The van der Waals surface area contributed by atoms with Crippen LogP contribution in [-0.4, -0.2) is 30.9 Å². The number of H-pyrrole nitrogens is 1. The molecule has 2 aromatic rings. The number of hydrogen-bond donors (Lipinski definition) is 2. The number of ether oxygens (including phenoxy) is 2.